The number of rotatable bonds is 10. The molecular weight excluding hydrogens is 311 g/mol. The highest BCUT2D eigenvalue weighted by molar-refractivity contribution is 6.36. The monoisotopic (exact) mass is 334 g/mol. The van der Waals surface area contributed by atoms with Crippen molar-refractivity contribution in [2.45, 2.75) is 12.5 Å². The summed E-state index contributed by atoms with van der Waals surface area (Å²) in [4.78, 5) is 2.25. The maximum absolute atomic E-state index is 6.32. The summed E-state index contributed by atoms with van der Waals surface area (Å²) in [6, 6.07) is 5.49. The van der Waals surface area contributed by atoms with E-state index in [4.69, 9.17) is 38.4 Å². The molecule has 0 aliphatic carbocycles. The summed E-state index contributed by atoms with van der Waals surface area (Å²) in [6.07, 6.45) is 0.915. The van der Waals surface area contributed by atoms with Crippen LogP contribution in [0.1, 0.15) is 18.0 Å². The van der Waals surface area contributed by atoms with Gasteiger partial charge in [0, 0.05) is 56.1 Å². The Bertz CT molecular complexity index is 398. The van der Waals surface area contributed by atoms with Crippen molar-refractivity contribution in [1.82, 2.24) is 4.90 Å². The summed E-state index contributed by atoms with van der Waals surface area (Å²) in [5.74, 6) is 0. The van der Waals surface area contributed by atoms with E-state index in [1.165, 1.54) is 0 Å². The van der Waals surface area contributed by atoms with E-state index in [-0.39, 0.29) is 6.04 Å². The fourth-order valence-corrected chi connectivity index (χ4v) is 2.97. The molecule has 0 saturated carbocycles. The van der Waals surface area contributed by atoms with Crippen LogP contribution in [0.15, 0.2) is 18.2 Å². The molecule has 0 aromatic heterocycles. The summed E-state index contributed by atoms with van der Waals surface area (Å²) < 4.78 is 10.3. The predicted octanol–water partition coefficient (Wildman–Crippen LogP) is 2.98. The molecule has 0 heterocycles. The van der Waals surface area contributed by atoms with Gasteiger partial charge in [-0.2, -0.15) is 0 Å². The number of hydrogen-bond acceptors (Lipinski definition) is 4. The van der Waals surface area contributed by atoms with Crippen LogP contribution in [0.3, 0.4) is 0 Å². The van der Waals surface area contributed by atoms with Gasteiger partial charge in [0.2, 0.25) is 0 Å². The van der Waals surface area contributed by atoms with Crippen LogP contribution in [-0.4, -0.2) is 52.0 Å². The lowest BCUT2D eigenvalue weighted by Gasteiger charge is -2.32. The lowest BCUT2D eigenvalue weighted by Crippen LogP contribution is -2.37. The van der Waals surface area contributed by atoms with Crippen molar-refractivity contribution in [2.24, 2.45) is 5.73 Å². The smallest absolute Gasteiger partial charge is 0.0589 e. The van der Waals surface area contributed by atoms with Gasteiger partial charge in [0.05, 0.1) is 12.6 Å². The third-order valence-corrected chi connectivity index (χ3v) is 4.03. The minimum absolute atomic E-state index is 0.0294. The summed E-state index contributed by atoms with van der Waals surface area (Å²) in [5, 5.41) is 1.29. The number of halogens is 2. The number of nitrogens with zero attached hydrogens (tertiary/aromatic N) is 1. The molecule has 1 aromatic carbocycles. The lowest BCUT2D eigenvalue weighted by atomic mass is 10.0. The average Bonchev–Trinajstić information content (AvgIpc) is 2.47. The molecule has 0 aliphatic rings. The largest absolute Gasteiger partial charge is 0.385 e. The molecule has 0 bridgehead atoms. The molecule has 1 atom stereocenters. The standard InChI is InChI=1S/C15H24Cl2N2O2/c1-20-9-4-7-19(8-10-21-2)14(11-18)15-12(16)5-3-6-13(15)17/h3,5-6,14H,4,7-11,18H2,1-2H3. The Balaban J connectivity index is 2.93. The molecule has 0 radical (unpaired) electrons. The van der Waals surface area contributed by atoms with Crippen molar-refractivity contribution in [3.05, 3.63) is 33.8 Å². The van der Waals surface area contributed by atoms with Gasteiger partial charge in [-0.25, -0.2) is 0 Å². The summed E-state index contributed by atoms with van der Waals surface area (Å²) in [6.45, 7) is 3.40. The highest BCUT2D eigenvalue weighted by Crippen LogP contribution is 2.33. The molecule has 6 heteroatoms. The van der Waals surface area contributed by atoms with E-state index < -0.39 is 0 Å². The molecule has 120 valence electrons. The molecule has 0 saturated heterocycles. The number of methoxy groups -OCH3 is 2. The van der Waals surface area contributed by atoms with Crippen molar-refractivity contribution in [3.63, 3.8) is 0 Å². The first-order valence-corrected chi connectivity index (χ1v) is 7.77. The zero-order valence-electron chi connectivity index (χ0n) is 12.6. The topological polar surface area (TPSA) is 47.7 Å². The fraction of sp³-hybridized carbons (Fsp3) is 0.600. The van der Waals surface area contributed by atoms with E-state index in [0.717, 1.165) is 25.1 Å². The Hall–Kier alpha value is -0.360. The maximum atomic E-state index is 6.32. The lowest BCUT2D eigenvalue weighted by molar-refractivity contribution is 0.108. The third kappa shape index (κ3) is 5.74. The number of benzene rings is 1. The Morgan fingerprint density at radius 3 is 2.24 bits per heavy atom. The SMILES string of the molecule is COCCCN(CCOC)C(CN)c1c(Cl)cccc1Cl. The Morgan fingerprint density at radius 1 is 1.10 bits per heavy atom. The first kappa shape index (κ1) is 18.7. The summed E-state index contributed by atoms with van der Waals surface area (Å²) >= 11 is 12.6. The Kier molecular flexibility index (Phi) is 9.24. The van der Waals surface area contributed by atoms with Crippen LogP contribution in [0.25, 0.3) is 0 Å². The van der Waals surface area contributed by atoms with Gasteiger partial charge in [-0.3, -0.25) is 4.90 Å². The van der Waals surface area contributed by atoms with Crippen molar-refractivity contribution in [1.29, 1.82) is 0 Å². The van der Waals surface area contributed by atoms with Crippen LogP contribution in [-0.2, 0) is 9.47 Å². The second-order valence-corrected chi connectivity index (χ2v) is 5.58. The third-order valence-electron chi connectivity index (χ3n) is 3.37. The van der Waals surface area contributed by atoms with E-state index in [0.29, 0.717) is 29.8 Å². The quantitative estimate of drug-likeness (QED) is 0.668. The minimum Gasteiger partial charge on any atom is -0.385 e. The minimum atomic E-state index is -0.0294. The van der Waals surface area contributed by atoms with Gasteiger partial charge in [-0.05, 0) is 18.6 Å². The molecule has 0 aliphatic heterocycles. The molecule has 0 amide bonds. The van der Waals surface area contributed by atoms with Gasteiger partial charge in [-0.1, -0.05) is 29.3 Å². The molecule has 1 rings (SSSR count). The normalized spacial score (nSPS) is 12.9. The van der Waals surface area contributed by atoms with E-state index in [1.807, 2.05) is 18.2 Å². The van der Waals surface area contributed by atoms with E-state index in [2.05, 4.69) is 4.90 Å². The first-order chi connectivity index (χ1) is 10.2. The summed E-state index contributed by atoms with van der Waals surface area (Å²) in [5.41, 5.74) is 6.87. The molecule has 1 unspecified atom stereocenters. The second-order valence-electron chi connectivity index (χ2n) is 4.76. The highest BCUT2D eigenvalue weighted by Gasteiger charge is 2.23. The van der Waals surface area contributed by atoms with Gasteiger partial charge in [0.1, 0.15) is 0 Å². The van der Waals surface area contributed by atoms with Crippen LogP contribution >= 0.6 is 23.2 Å². The van der Waals surface area contributed by atoms with E-state index >= 15 is 0 Å². The molecule has 2 N–H and O–H groups in total. The number of nitrogens with two attached hydrogens (primary N) is 1. The molecule has 0 spiro atoms. The molecule has 1 aromatic rings. The highest BCUT2D eigenvalue weighted by atomic mass is 35.5. The Morgan fingerprint density at radius 2 is 1.71 bits per heavy atom. The van der Waals surface area contributed by atoms with Crippen LogP contribution in [0, 0.1) is 0 Å². The van der Waals surface area contributed by atoms with Gasteiger partial charge in [0.25, 0.3) is 0 Å². The van der Waals surface area contributed by atoms with Gasteiger partial charge in [-0.15, -0.1) is 0 Å². The van der Waals surface area contributed by atoms with E-state index in [9.17, 15) is 0 Å². The van der Waals surface area contributed by atoms with E-state index in [1.54, 1.807) is 14.2 Å². The van der Waals surface area contributed by atoms with Crippen LogP contribution in [0.2, 0.25) is 10.0 Å². The predicted molar refractivity (Wildman–Crippen MR) is 88.2 cm³/mol. The molecule has 21 heavy (non-hydrogen) atoms. The molecule has 0 fully saturated rings. The van der Waals surface area contributed by atoms with Crippen molar-refractivity contribution >= 4 is 23.2 Å². The van der Waals surface area contributed by atoms with Gasteiger partial charge >= 0.3 is 0 Å². The van der Waals surface area contributed by atoms with Crippen LogP contribution in [0.4, 0.5) is 0 Å². The van der Waals surface area contributed by atoms with Gasteiger partial charge in [0.15, 0.2) is 0 Å². The molecule has 4 nitrogen and oxygen atoms in total. The van der Waals surface area contributed by atoms with Crippen molar-refractivity contribution in [3.8, 4) is 0 Å². The zero-order valence-corrected chi connectivity index (χ0v) is 14.2. The number of hydrogen-bond donors (Lipinski definition) is 1. The zero-order chi connectivity index (χ0) is 15.7. The van der Waals surface area contributed by atoms with Crippen molar-refractivity contribution < 1.29 is 9.47 Å². The van der Waals surface area contributed by atoms with Crippen LogP contribution in [0.5, 0.6) is 0 Å². The average molecular weight is 335 g/mol. The fourth-order valence-electron chi connectivity index (χ4n) is 2.32. The second kappa shape index (κ2) is 10.4. The molecular formula is C15H24Cl2N2O2. The first-order valence-electron chi connectivity index (χ1n) is 7.01. The van der Waals surface area contributed by atoms with Crippen LogP contribution < -0.4 is 5.73 Å². The summed E-state index contributed by atoms with van der Waals surface area (Å²) in [7, 11) is 3.39. The van der Waals surface area contributed by atoms with Gasteiger partial charge < -0.3 is 15.2 Å². The Labute approximate surface area is 137 Å². The maximum Gasteiger partial charge on any atom is 0.0589 e. The number of ether oxygens (including phenoxy) is 2. The van der Waals surface area contributed by atoms with Crippen molar-refractivity contribution in [2.75, 3.05) is 47.1 Å².